The van der Waals surface area contributed by atoms with E-state index in [2.05, 4.69) is 60.5 Å². The molecule has 10 nitrogen and oxygen atoms in total. The maximum absolute atomic E-state index is 11.3. The summed E-state index contributed by atoms with van der Waals surface area (Å²) in [7, 11) is 0. The monoisotopic (exact) mass is 546 g/mol. The van der Waals surface area contributed by atoms with Gasteiger partial charge in [-0.05, 0) is 86.3 Å². The molecule has 2 saturated carbocycles. The predicted molar refractivity (Wildman–Crippen MR) is 158 cm³/mol. The lowest BCUT2D eigenvalue weighted by Gasteiger charge is -2.35. The van der Waals surface area contributed by atoms with Crippen LogP contribution in [0.5, 0.6) is 0 Å². The van der Waals surface area contributed by atoms with E-state index in [1.54, 1.807) is 0 Å². The molecule has 2 fully saturated rings. The number of rotatable bonds is 8. The van der Waals surface area contributed by atoms with Gasteiger partial charge in [0, 0.05) is 18.8 Å². The second-order valence-electron chi connectivity index (χ2n) is 12.8. The van der Waals surface area contributed by atoms with E-state index >= 15 is 0 Å². The minimum absolute atomic E-state index is 0.0534. The van der Waals surface area contributed by atoms with Crippen LogP contribution in [0.4, 0.5) is 10.6 Å². The molecule has 0 aliphatic heterocycles. The molecule has 0 spiro atoms. The minimum atomic E-state index is -1.39. The Kier molecular flexibility index (Phi) is 7.79. The molecule has 10 heteroatoms. The lowest BCUT2D eigenvalue weighted by molar-refractivity contribution is 0.180. The Morgan fingerprint density at radius 1 is 1.18 bits per heavy atom. The topological polar surface area (TPSA) is 144 Å². The van der Waals surface area contributed by atoms with Crippen molar-refractivity contribution in [1.82, 2.24) is 24.5 Å². The summed E-state index contributed by atoms with van der Waals surface area (Å²) in [6, 6.07) is 4.32. The van der Waals surface area contributed by atoms with Gasteiger partial charge in [0.2, 0.25) is 0 Å². The number of pyridine rings is 1. The van der Waals surface area contributed by atoms with Gasteiger partial charge in [-0.25, -0.2) is 19.7 Å². The van der Waals surface area contributed by atoms with E-state index in [1.165, 1.54) is 37.7 Å². The van der Waals surface area contributed by atoms with Crippen molar-refractivity contribution >= 4 is 28.9 Å². The molecule has 3 aromatic rings. The Morgan fingerprint density at radius 2 is 1.90 bits per heavy atom. The number of hydrogen-bond donors (Lipinski definition) is 3. The van der Waals surface area contributed by atoms with Gasteiger partial charge < -0.3 is 20.7 Å². The molecule has 1 amide bonds. The largest absolute Gasteiger partial charge is 0.463 e. The summed E-state index contributed by atoms with van der Waals surface area (Å²) >= 11 is 0. The van der Waals surface area contributed by atoms with E-state index in [9.17, 15) is 9.90 Å². The van der Waals surface area contributed by atoms with Crippen LogP contribution in [-0.2, 0) is 6.54 Å². The number of fused-ring (bicyclic) bond motifs is 1. The van der Waals surface area contributed by atoms with Crippen LogP contribution in [0.2, 0.25) is 0 Å². The average Bonchev–Trinajstić information content (AvgIpc) is 3.22. The SMILES string of the molecule is CC(C)c1ccnc(-c2nc3nc(/C(N)=N/C(=O)O)nc(N[C@H](C)C4CCC4)c3n2CC2CCC(C)(C)CC2)c1. The first-order chi connectivity index (χ1) is 19.0. The fourth-order valence-electron chi connectivity index (χ4n) is 5.88. The number of nitrogens with one attached hydrogen (secondary N) is 1. The average molecular weight is 547 g/mol. The highest BCUT2D eigenvalue weighted by atomic mass is 16.4. The third kappa shape index (κ3) is 5.95. The van der Waals surface area contributed by atoms with Gasteiger partial charge in [-0.2, -0.15) is 4.99 Å². The van der Waals surface area contributed by atoms with Crippen molar-refractivity contribution in [2.45, 2.75) is 98.1 Å². The number of amidine groups is 1. The van der Waals surface area contributed by atoms with Crippen molar-refractivity contribution in [1.29, 1.82) is 0 Å². The maximum Gasteiger partial charge on any atom is 0.433 e. The van der Waals surface area contributed by atoms with Crippen molar-refractivity contribution < 1.29 is 9.90 Å². The van der Waals surface area contributed by atoms with Crippen LogP contribution in [0, 0.1) is 17.3 Å². The fourth-order valence-corrected chi connectivity index (χ4v) is 5.88. The standard InChI is InChI=1S/C30H42N8O2/c1-17(2)21-11-14-32-22(15-21)28-37-26-23(38(28)16-19-9-12-30(4,5)13-10-19)25(33-18(3)20-7-6-8-20)35-27(36-26)24(31)34-29(39)40/h11,14-15,17-20H,6-10,12-13,16H2,1-5H3,(H2,31,34)(H,39,40)(H,33,35,36)/t18-/m1/s1. The highest BCUT2D eigenvalue weighted by Crippen LogP contribution is 2.40. The van der Waals surface area contributed by atoms with Crippen LogP contribution in [0.3, 0.4) is 0 Å². The molecule has 0 unspecified atom stereocenters. The molecule has 3 heterocycles. The number of carboxylic acid groups (broad SMARTS) is 1. The fraction of sp³-hybridized carbons (Fsp3) is 0.600. The Bertz CT molecular complexity index is 1410. The molecule has 2 aliphatic rings. The molecule has 0 saturated heterocycles. The van der Waals surface area contributed by atoms with Crippen molar-refractivity contribution in [2.75, 3.05) is 5.32 Å². The lowest BCUT2D eigenvalue weighted by atomic mass is 9.73. The molecule has 214 valence electrons. The zero-order valence-corrected chi connectivity index (χ0v) is 24.3. The summed E-state index contributed by atoms with van der Waals surface area (Å²) in [4.78, 5) is 33.8. The molecule has 3 aromatic heterocycles. The third-order valence-corrected chi connectivity index (χ3v) is 8.85. The number of carbonyl (C=O) groups is 1. The molecular weight excluding hydrogens is 504 g/mol. The smallest absolute Gasteiger partial charge is 0.433 e. The normalized spacial score (nSPS) is 19.1. The van der Waals surface area contributed by atoms with Crippen molar-refractivity contribution in [3.05, 3.63) is 29.7 Å². The molecule has 2 aliphatic carbocycles. The first kappa shape index (κ1) is 28.0. The van der Waals surface area contributed by atoms with Gasteiger partial charge in [0.05, 0.1) is 0 Å². The second-order valence-corrected chi connectivity index (χ2v) is 12.8. The van der Waals surface area contributed by atoms with Crippen LogP contribution >= 0.6 is 0 Å². The summed E-state index contributed by atoms with van der Waals surface area (Å²) in [6.45, 7) is 12.0. The van der Waals surface area contributed by atoms with E-state index in [4.69, 9.17) is 20.7 Å². The number of hydrogen-bond acceptors (Lipinski definition) is 6. The summed E-state index contributed by atoms with van der Waals surface area (Å²) < 4.78 is 2.23. The van der Waals surface area contributed by atoms with Gasteiger partial charge in [0.15, 0.2) is 28.9 Å². The number of anilines is 1. The molecule has 4 N–H and O–H groups in total. The molecule has 5 rings (SSSR count). The van der Waals surface area contributed by atoms with Crippen molar-refractivity contribution in [3.8, 4) is 11.5 Å². The van der Waals surface area contributed by atoms with Crippen LogP contribution in [-0.4, -0.2) is 47.6 Å². The number of aromatic nitrogens is 5. The summed E-state index contributed by atoms with van der Waals surface area (Å²) in [6.07, 6.45) is 8.69. The summed E-state index contributed by atoms with van der Waals surface area (Å²) in [5.74, 6) is 2.54. The van der Waals surface area contributed by atoms with Crippen molar-refractivity contribution in [3.63, 3.8) is 0 Å². The van der Waals surface area contributed by atoms with Gasteiger partial charge >= 0.3 is 6.09 Å². The zero-order valence-electron chi connectivity index (χ0n) is 24.3. The Morgan fingerprint density at radius 3 is 2.52 bits per heavy atom. The molecule has 1 atom stereocenters. The molecule has 40 heavy (non-hydrogen) atoms. The molecule has 0 radical (unpaired) electrons. The Hall–Kier alpha value is -3.56. The van der Waals surface area contributed by atoms with Crippen LogP contribution in [0.15, 0.2) is 23.3 Å². The maximum atomic E-state index is 11.3. The number of nitrogens with zero attached hydrogens (tertiary/aromatic N) is 6. The van der Waals surface area contributed by atoms with Crippen LogP contribution in [0.1, 0.15) is 96.9 Å². The van der Waals surface area contributed by atoms with E-state index in [0.717, 1.165) is 36.4 Å². The van der Waals surface area contributed by atoms with E-state index in [0.29, 0.717) is 34.6 Å². The first-order valence-corrected chi connectivity index (χ1v) is 14.6. The van der Waals surface area contributed by atoms with E-state index < -0.39 is 6.09 Å². The molecule has 0 bridgehead atoms. The van der Waals surface area contributed by atoms with Gasteiger partial charge in [-0.3, -0.25) is 4.98 Å². The number of nitrogens with two attached hydrogens (primary N) is 1. The minimum Gasteiger partial charge on any atom is -0.463 e. The van der Waals surface area contributed by atoms with Gasteiger partial charge in [-0.15, -0.1) is 0 Å². The van der Waals surface area contributed by atoms with Gasteiger partial charge in [-0.1, -0.05) is 34.1 Å². The van der Waals surface area contributed by atoms with Gasteiger partial charge in [0.1, 0.15) is 11.2 Å². The Balaban J connectivity index is 1.67. The highest BCUT2D eigenvalue weighted by molar-refractivity contribution is 6.01. The third-order valence-electron chi connectivity index (χ3n) is 8.85. The van der Waals surface area contributed by atoms with Crippen LogP contribution < -0.4 is 11.1 Å². The molecule has 0 aromatic carbocycles. The Labute approximate surface area is 235 Å². The first-order valence-electron chi connectivity index (χ1n) is 14.6. The zero-order chi connectivity index (χ0) is 28.6. The highest BCUT2D eigenvalue weighted by Gasteiger charge is 2.31. The quantitative estimate of drug-likeness (QED) is 0.223. The summed E-state index contributed by atoms with van der Waals surface area (Å²) in [5, 5.41) is 12.8. The number of imidazole rings is 1. The summed E-state index contributed by atoms with van der Waals surface area (Å²) in [5.41, 5.74) is 9.63. The van der Waals surface area contributed by atoms with E-state index in [-0.39, 0.29) is 17.7 Å². The lowest BCUT2D eigenvalue weighted by Crippen LogP contribution is -2.32. The van der Waals surface area contributed by atoms with Gasteiger partial charge in [0.25, 0.3) is 0 Å². The number of amides is 1. The van der Waals surface area contributed by atoms with Crippen LogP contribution in [0.25, 0.3) is 22.7 Å². The predicted octanol–water partition coefficient (Wildman–Crippen LogP) is 6.21. The molecular formula is C30H42N8O2. The van der Waals surface area contributed by atoms with E-state index in [1.807, 2.05) is 12.3 Å². The number of aliphatic imine (C=N–C) groups is 1. The second kappa shape index (κ2) is 11.1. The van der Waals surface area contributed by atoms with Crippen molar-refractivity contribution in [2.24, 2.45) is 28.0 Å².